The van der Waals surface area contributed by atoms with Crippen LogP contribution in [-0.2, 0) is 6.42 Å². The smallest absolute Gasteiger partial charge is 0.254 e. The van der Waals surface area contributed by atoms with Crippen LogP contribution in [0.2, 0.25) is 0 Å². The molecule has 0 aliphatic carbocycles. The van der Waals surface area contributed by atoms with E-state index in [1.54, 1.807) is 12.3 Å². The zero-order valence-electron chi connectivity index (χ0n) is 10.5. The molecule has 17 heavy (non-hydrogen) atoms. The van der Waals surface area contributed by atoms with Crippen molar-refractivity contribution in [3.8, 4) is 0 Å². The fraction of sp³-hybridized carbons (Fsp3) is 0.615. The van der Waals surface area contributed by atoms with Gasteiger partial charge in [-0.3, -0.25) is 4.79 Å². The molecule has 4 heteroatoms. The van der Waals surface area contributed by atoms with Crippen LogP contribution in [0.15, 0.2) is 16.7 Å². The predicted octanol–water partition coefficient (Wildman–Crippen LogP) is 1.98. The Balaban J connectivity index is 2.49. The van der Waals surface area contributed by atoms with Crippen LogP contribution in [0.5, 0.6) is 0 Å². The maximum atomic E-state index is 11.9. The number of hydrogen-bond donors (Lipinski definition) is 2. The second-order valence-corrected chi connectivity index (χ2v) is 4.11. The van der Waals surface area contributed by atoms with Crippen LogP contribution < -0.4 is 5.32 Å². The van der Waals surface area contributed by atoms with Crippen molar-refractivity contribution in [1.82, 2.24) is 5.32 Å². The van der Waals surface area contributed by atoms with Gasteiger partial charge in [-0.15, -0.1) is 0 Å². The first-order valence-electron chi connectivity index (χ1n) is 6.18. The maximum Gasteiger partial charge on any atom is 0.254 e. The Morgan fingerprint density at radius 3 is 2.88 bits per heavy atom. The largest absolute Gasteiger partial charge is 0.469 e. The Kier molecular flexibility index (Phi) is 5.77. The van der Waals surface area contributed by atoms with Gasteiger partial charge in [-0.05, 0) is 18.4 Å². The molecule has 96 valence electrons. The van der Waals surface area contributed by atoms with Crippen LogP contribution in [0.4, 0.5) is 0 Å². The topological polar surface area (TPSA) is 62.5 Å². The first-order chi connectivity index (χ1) is 8.22. The number of furan rings is 1. The van der Waals surface area contributed by atoms with Crippen molar-refractivity contribution in [3.05, 3.63) is 23.7 Å². The second-order valence-electron chi connectivity index (χ2n) is 4.11. The van der Waals surface area contributed by atoms with Crippen LogP contribution in [-0.4, -0.2) is 24.2 Å². The molecule has 0 aromatic carbocycles. The van der Waals surface area contributed by atoms with Gasteiger partial charge < -0.3 is 14.8 Å². The molecule has 0 saturated carbocycles. The summed E-state index contributed by atoms with van der Waals surface area (Å²) in [5.41, 5.74) is 0.617. The van der Waals surface area contributed by atoms with Crippen LogP contribution in [0, 0.1) is 5.92 Å². The fourth-order valence-electron chi connectivity index (χ4n) is 1.78. The fourth-order valence-corrected chi connectivity index (χ4v) is 1.78. The van der Waals surface area contributed by atoms with Gasteiger partial charge in [0.1, 0.15) is 5.76 Å². The number of aryl methyl sites for hydroxylation is 1. The third-order valence-corrected chi connectivity index (χ3v) is 2.98. The first kappa shape index (κ1) is 13.8. The molecule has 1 aromatic heterocycles. The van der Waals surface area contributed by atoms with E-state index in [1.807, 2.05) is 6.92 Å². The predicted molar refractivity (Wildman–Crippen MR) is 65.9 cm³/mol. The Morgan fingerprint density at radius 2 is 2.29 bits per heavy atom. The van der Waals surface area contributed by atoms with Gasteiger partial charge in [0.05, 0.1) is 11.8 Å². The minimum absolute atomic E-state index is 0.0908. The van der Waals surface area contributed by atoms with Crippen molar-refractivity contribution in [2.24, 2.45) is 5.92 Å². The van der Waals surface area contributed by atoms with Gasteiger partial charge in [0, 0.05) is 19.6 Å². The number of rotatable bonds is 7. The van der Waals surface area contributed by atoms with Crippen molar-refractivity contribution >= 4 is 5.91 Å². The highest BCUT2D eigenvalue weighted by molar-refractivity contribution is 5.95. The zero-order chi connectivity index (χ0) is 12.7. The van der Waals surface area contributed by atoms with Gasteiger partial charge in [0.15, 0.2) is 0 Å². The van der Waals surface area contributed by atoms with Crippen LogP contribution in [0.3, 0.4) is 0 Å². The monoisotopic (exact) mass is 239 g/mol. The van der Waals surface area contributed by atoms with Crippen LogP contribution in [0.25, 0.3) is 0 Å². The van der Waals surface area contributed by atoms with Crippen molar-refractivity contribution in [3.63, 3.8) is 0 Å². The minimum atomic E-state index is -0.0908. The molecule has 0 bridgehead atoms. The lowest BCUT2D eigenvalue weighted by atomic mass is 10.0. The van der Waals surface area contributed by atoms with Gasteiger partial charge in [-0.2, -0.15) is 0 Å². The van der Waals surface area contributed by atoms with E-state index in [0.717, 1.165) is 18.6 Å². The van der Waals surface area contributed by atoms with E-state index in [2.05, 4.69) is 12.2 Å². The molecule has 1 aromatic rings. The molecule has 0 aliphatic rings. The zero-order valence-corrected chi connectivity index (χ0v) is 10.5. The summed E-state index contributed by atoms with van der Waals surface area (Å²) in [5, 5.41) is 11.8. The quantitative estimate of drug-likeness (QED) is 0.764. The van der Waals surface area contributed by atoms with Crippen molar-refractivity contribution in [2.45, 2.75) is 33.1 Å². The third-order valence-electron chi connectivity index (χ3n) is 2.98. The lowest BCUT2D eigenvalue weighted by Crippen LogP contribution is -2.29. The summed E-state index contributed by atoms with van der Waals surface area (Å²) in [6.07, 6.45) is 3.93. The van der Waals surface area contributed by atoms with E-state index in [4.69, 9.17) is 9.52 Å². The molecule has 1 amide bonds. The number of amides is 1. The standard InChI is InChI=1S/C13H21NO3/c1-3-10(5-7-15)9-14-13(16)11-6-8-17-12(11)4-2/h6,8,10,15H,3-5,7,9H2,1-2H3,(H,14,16). The van der Waals surface area contributed by atoms with Crippen molar-refractivity contribution in [1.29, 1.82) is 0 Å². The van der Waals surface area contributed by atoms with Crippen LogP contribution >= 0.6 is 0 Å². The number of aliphatic hydroxyl groups is 1. The molecule has 4 nitrogen and oxygen atoms in total. The molecule has 0 aliphatic heterocycles. The normalized spacial score (nSPS) is 12.4. The molecule has 0 fully saturated rings. The maximum absolute atomic E-state index is 11.9. The number of carbonyl (C=O) groups excluding carboxylic acids is 1. The highest BCUT2D eigenvalue weighted by Gasteiger charge is 2.14. The van der Waals surface area contributed by atoms with Gasteiger partial charge in [0.25, 0.3) is 5.91 Å². The molecular weight excluding hydrogens is 218 g/mol. The summed E-state index contributed by atoms with van der Waals surface area (Å²) in [4.78, 5) is 11.9. The van der Waals surface area contributed by atoms with Gasteiger partial charge in [-0.1, -0.05) is 20.3 Å². The van der Waals surface area contributed by atoms with Gasteiger partial charge in [-0.25, -0.2) is 0 Å². The van der Waals surface area contributed by atoms with Crippen LogP contribution in [0.1, 0.15) is 42.8 Å². The molecule has 1 atom stereocenters. The van der Waals surface area contributed by atoms with Gasteiger partial charge in [0.2, 0.25) is 0 Å². The Bertz CT molecular complexity index is 346. The molecule has 1 heterocycles. The summed E-state index contributed by atoms with van der Waals surface area (Å²) in [6.45, 7) is 4.78. The summed E-state index contributed by atoms with van der Waals surface area (Å²) in [7, 11) is 0. The van der Waals surface area contributed by atoms with E-state index >= 15 is 0 Å². The first-order valence-corrected chi connectivity index (χ1v) is 6.18. The molecule has 1 rings (SSSR count). The summed E-state index contributed by atoms with van der Waals surface area (Å²) < 4.78 is 5.21. The molecule has 2 N–H and O–H groups in total. The summed E-state index contributed by atoms with van der Waals surface area (Å²) in [6, 6.07) is 1.70. The van der Waals surface area contributed by atoms with E-state index in [9.17, 15) is 4.79 Å². The average molecular weight is 239 g/mol. The SMILES string of the molecule is CCc1occc1C(=O)NCC(CC)CCO. The average Bonchev–Trinajstić information content (AvgIpc) is 2.82. The number of nitrogens with one attached hydrogen (secondary N) is 1. The lowest BCUT2D eigenvalue weighted by molar-refractivity contribution is 0.0941. The summed E-state index contributed by atoms with van der Waals surface area (Å²) >= 11 is 0. The van der Waals surface area contributed by atoms with E-state index in [1.165, 1.54) is 0 Å². The third kappa shape index (κ3) is 3.89. The Morgan fingerprint density at radius 1 is 1.53 bits per heavy atom. The van der Waals surface area contributed by atoms with E-state index < -0.39 is 0 Å². The Labute approximate surface area is 102 Å². The van der Waals surface area contributed by atoms with Crippen molar-refractivity contribution < 1.29 is 14.3 Å². The van der Waals surface area contributed by atoms with Gasteiger partial charge >= 0.3 is 0 Å². The lowest BCUT2D eigenvalue weighted by Gasteiger charge is -2.14. The van der Waals surface area contributed by atoms with E-state index in [0.29, 0.717) is 24.4 Å². The number of hydrogen-bond acceptors (Lipinski definition) is 3. The van der Waals surface area contributed by atoms with Crippen molar-refractivity contribution in [2.75, 3.05) is 13.2 Å². The number of aliphatic hydroxyl groups excluding tert-OH is 1. The second kappa shape index (κ2) is 7.12. The highest BCUT2D eigenvalue weighted by atomic mass is 16.3. The molecular formula is C13H21NO3. The highest BCUT2D eigenvalue weighted by Crippen LogP contribution is 2.12. The number of carbonyl (C=O) groups is 1. The molecule has 0 saturated heterocycles. The molecule has 1 unspecified atom stereocenters. The molecule has 0 spiro atoms. The Hall–Kier alpha value is -1.29. The summed E-state index contributed by atoms with van der Waals surface area (Å²) in [5.74, 6) is 0.964. The minimum Gasteiger partial charge on any atom is -0.469 e. The van der Waals surface area contributed by atoms with E-state index in [-0.39, 0.29) is 12.5 Å². The molecule has 0 radical (unpaired) electrons.